The van der Waals surface area contributed by atoms with Crippen molar-refractivity contribution in [2.75, 3.05) is 21.3 Å². The third-order valence-electron chi connectivity index (χ3n) is 5.13. The van der Waals surface area contributed by atoms with Crippen LogP contribution in [-0.2, 0) is 6.18 Å². The second-order valence-electron chi connectivity index (χ2n) is 7.24. The number of ketones is 2. The van der Waals surface area contributed by atoms with Gasteiger partial charge < -0.3 is 14.2 Å². The second-order valence-corrected chi connectivity index (χ2v) is 7.24. The molecule has 1 aromatic heterocycles. The molecule has 0 amide bonds. The van der Waals surface area contributed by atoms with Crippen molar-refractivity contribution in [1.29, 1.82) is 0 Å². The van der Waals surface area contributed by atoms with Gasteiger partial charge in [-0.15, -0.1) is 0 Å². The van der Waals surface area contributed by atoms with E-state index in [4.69, 9.17) is 14.2 Å². The van der Waals surface area contributed by atoms with Crippen LogP contribution < -0.4 is 14.2 Å². The normalized spacial score (nSPS) is 11.1. The Kier molecular flexibility index (Phi) is 7.55. The van der Waals surface area contributed by atoms with Crippen LogP contribution in [0, 0.1) is 0 Å². The number of Topliss-reactive ketones (excluding diaryl/α,β-unsaturated/α-hetero) is 2. The highest BCUT2D eigenvalue weighted by molar-refractivity contribution is 6.02. The molecule has 0 unspecified atom stereocenters. The SMILES string of the molecule is COc1ccc(C(=O)CCC(=O)c2ccc(OC)c(-c3ccc(C(F)(F)F)cc3)n2)cc1OC. The van der Waals surface area contributed by atoms with Crippen LogP contribution in [0.2, 0.25) is 0 Å². The van der Waals surface area contributed by atoms with Crippen LogP contribution >= 0.6 is 0 Å². The molecule has 0 aliphatic rings. The van der Waals surface area contributed by atoms with Crippen molar-refractivity contribution in [3.63, 3.8) is 0 Å². The smallest absolute Gasteiger partial charge is 0.416 e. The van der Waals surface area contributed by atoms with Gasteiger partial charge in [-0.2, -0.15) is 13.2 Å². The van der Waals surface area contributed by atoms with E-state index >= 15 is 0 Å². The molecule has 0 aliphatic heterocycles. The number of hydrogen-bond acceptors (Lipinski definition) is 6. The predicted molar refractivity (Wildman–Crippen MR) is 119 cm³/mol. The molecule has 0 N–H and O–H groups in total. The summed E-state index contributed by atoms with van der Waals surface area (Å²) in [5.41, 5.74) is 0.250. The third kappa shape index (κ3) is 5.54. The molecule has 0 spiro atoms. The zero-order valence-electron chi connectivity index (χ0n) is 18.7. The fraction of sp³-hybridized carbons (Fsp3) is 0.240. The highest BCUT2D eigenvalue weighted by Crippen LogP contribution is 2.33. The molecule has 9 heteroatoms. The number of pyridine rings is 1. The van der Waals surface area contributed by atoms with Gasteiger partial charge in [-0.05, 0) is 42.5 Å². The van der Waals surface area contributed by atoms with Crippen molar-refractivity contribution in [1.82, 2.24) is 4.98 Å². The summed E-state index contributed by atoms with van der Waals surface area (Å²) in [7, 11) is 4.34. The first-order valence-electron chi connectivity index (χ1n) is 10.2. The summed E-state index contributed by atoms with van der Waals surface area (Å²) >= 11 is 0. The van der Waals surface area contributed by atoms with E-state index in [9.17, 15) is 22.8 Å². The molecule has 0 saturated heterocycles. The standard InChI is InChI=1S/C25H22F3NO5/c1-32-21-12-6-16(14-23(21)34-3)19(30)10-11-20(31)18-9-13-22(33-2)24(29-18)15-4-7-17(8-5-15)25(26,27)28/h4-9,12-14H,10-11H2,1-3H3. The van der Waals surface area contributed by atoms with Crippen molar-refractivity contribution in [3.8, 4) is 28.5 Å². The lowest BCUT2D eigenvalue weighted by atomic mass is 10.0. The molecule has 34 heavy (non-hydrogen) atoms. The first-order valence-corrected chi connectivity index (χ1v) is 10.2. The lowest BCUT2D eigenvalue weighted by Crippen LogP contribution is -2.08. The maximum atomic E-state index is 12.9. The molecule has 0 aliphatic carbocycles. The molecule has 3 aromatic rings. The van der Waals surface area contributed by atoms with Gasteiger partial charge in [0, 0.05) is 24.0 Å². The Bertz CT molecular complexity index is 1190. The number of carbonyl (C=O) groups is 2. The Morgan fingerprint density at radius 1 is 0.765 bits per heavy atom. The molecule has 2 aromatic carbocycles. The number of methoxy groups -OCH3 is 3. The monoisotopic (exact) mass is 473 g/mol. The number of carbonyl (C=O) groups excluding carboxylic acids is 2. The fourth-order valence-electron chi connectivity index (χ4n) is 3.30. The number of nitrogens with zero attached hydrogens (tertiary/aromatic N) is 1. The summed E-state index contributed by atoms with van der Waals surface area (Å²) in [5.74, 6) is 0.541. The van der Waals surface area contributed by atoms with Crippen molar-refractivity contribution < 1.29 is 37.0 Å². The first kappa shape index (κ1) is 24.8. The molecule has 0 bridgehead atoms. The number of alkyl halides is 3. The average Bonchev–Trinajstić information content (AvgIpc) is 2.85. The maximum absolute atomic E-state index is 12.9. The Morgan fingerprint density at radius 2 is 1.35 bits per heavy atom. The van der Waals surface area contributed by atoms with Crippen LogP contribution in [0.25, 0.3) is 11.3 Å². The molecule has 1 heterocycles. The number of aromatic nitrogens is 1. The zero-order valence-corrected chi connectivity index (χ0v) is 18.7. The van der Waals surface area contributed by atoms with Crippen molar-refractivity contribution in [2.45, 2.75) is 19.0 Å². The van der Waals surface area contributed by atoms with Crippen LogP contribution in [0.4, 0.5) is 13.2 Å². The average molecular weight is 473 g/mol. The minimum absolute atomic E-state index is 0.0579. The first-order chi connectivity index (χ1) is 16.2. The van der Waals surface area contributed by atoms with Crippen molar-refractivity contribution in [2.24, 2.45) is 0 Å². The van der Waals surface area contributed by atoms with E-state index in [1.54, 1.807) is 18.2 Å². The Balaban J connectivity index is 1.77. The van der Waals surface area contributed by atoms with Gasteiger partial charge in [0.25, 0.3) is 0 Å². The van der Waals surface area contributed by atoms with Gasteiger partial charge in [-0.1, -0.05) is 12.1 Å². The van der Waals surface area contributed by atoms with Gasteiger partial charge in [0.2, 0.25) is 0 Å². The molecule has 0 fully saturated rings. The highest BCUT2D eigenvalue weighted by Gasteiger charge is 2.30. The lowest BCUT2D eigenvalue weighted by molar-refractivity contribution is -0.137. The minimum atomic E-state index is -4.46. The minimum Gasteiger partial charge on any atom is -0.494 e. The van der Waals surface area contributed by atoms with Crippen LogP contribution in [0.1, 0.15) is 39.3 Å². The van der Waals surface area contributed by atoms with E-state index in [1.165, 1.54) is 45.6 Å². The third-order valence-corrected chi connectivity index (χ3v) is 5.13. The number of hydrogen-bond donors (Lipinski definition) is 0. The van der Waals surface area contributed by atoms with Crippen LogP contribution in [-0.4, -0.2) is 37.9 Å². The number of halogens is 3. The van der Waals surface area contributed by atoms with E-state index < -0.39 is 11.7 Å². The Hall–Kier alpha value is -3.88. The van der Waals surface area contributed by atoms with E-state index in [1.807, 2.05) is 0 Å². The van der Waals surface area contributed by atoms with E-state index in [-0.39, 0.29) is 35.8 Å². The maximum Gasteiger partial charge on any atom is 0.416 e. The summed E-state index contributed by atoms with van der Waals surface area (Å²) in [5, 5.41) is 0. The molecule has 6 nitrogen and oxygen atoms in total. The largest absolute Gasteiger partial charge is 0.494 e. The van der Waals surface area contributed by atoms with E-state index in [0.717, 1.165) is 12.1 Å². The molecule has 0 saturated carbocycles. The van der Waals surface area contributed by atoms with Crippen molar-refractivity contribution in [3.05, 3.63) is 71.4 Å². The predicted octanol–water partition coefficient (Wildman–Crippen LogP) is 5.64. The summed E-state index contributed by atoms with van der Waals surface area (Å²) in [4.78, 5) is 29.6. The highest BCUT2D eigenvalue weighted by atomic mass is 19.4. The van der Waals surface area contributed by atoms with Crippen molar-refractivity contribution >= 4 is 11.6 Å². The van der Waals surface area contributed by atoms with E-state index in [0.29, 0.717) is 28.4 Å². The fourth-order valence-corrected chi connectivity index (χ4v) is 3.30. The molecule has 178 valence electrons. The number of benzene rings is 2. The lowest BCUT2D eigenvalue weighted by Gasteiger charge is -2.11. The van der Waals surface area contributed by atoms with Crippen LogP contribution in [0.5, 0.6) is 17.2 Å². The van der Waals surface area contributed by atoms with Gasteiger partial charge in [0.05, 0.1) is 26.9 Å². The summed E-state index contributed by atoms with van der Waals surface area (Å²) in [6.07, 6.45) is -4.62. The zero-order chi connectivity index (χ0) is 24.9. The molecular formula is C25H22F3NO5. The van der Waals surface area contributed by atoms with Crippen LogP contribution in [0.3, 0.4) is 0 Å². The summed E-state index contributed by atoms with van der Waals surface area (Å²) < 4.78 is 54.2. The van der Waals surface area contributed by atoms with E-state index in [2.05, 4.69) is 4.98 Å². The topological polar surface area (TPSA) is 74.7 Å². The molecular weight excluding hydrogens is 451 g/mol. The van der Waals surface area contributed by atoms with Gasteiger partial charge in [-0.25, -0.2) is 4.98 Å². The van der Waals surface area contributed by atoms with Gasteiger partial charge in [-0.3, -0.25) is 9.59 Å². The summed E-state index contributed by atoms with van der Waals surface area (Å²) in [6, 6.07) is 12.1. The number of ether oxygens (including phenoxy) is 3. The quantitative estimate of drug-likeness (QED) is 0.375. The second kappa shape index (κ2) is 10.4. The van der Waals surface area contributed by atoms with Crippen LogP contribution in [0.15, 0.2) is 54.6 Å². The van der Waals surface area contributed by atoms with Gasteiger partial charge in [0.1, 0.15) is 17.1 Å². The molecule has 3 rings (SSSR count). The van der Waals surface area contributed by atoms with Gasteiger partial charge >= 0.3 is 6.18 Å². The Morgan fingerprint density at radius 3 is 1.94 bits per heavy atom. The summed E-state index contributed by atoms with van der Waals surface area (Å²) in [6.45, 7) is 0. The number of rotatable bonds is 9. The molecule has 0 radical (unpaired) electrons. The molecule has 0 atom stereocenters. The van der Waals surface area contributed by atoms with Gasteiger partial charge in [0.15, 0.2) is 23.1 Å². The Labute approximate surface area is 194 Å².